The van der Waals surface area contributed by atoms with Crippen molar-refractivity contribution in [1.82, 2.24) is 9.78 Å². The number of nitrogens with zero attached hydrogens (tertiary/aromatic N) is 2. The number of rotatable bonds is 3. The molecule has 0 bridgehead atoms. The molecule has 11 heavy (non-hydrogen) atoms. The first-order valence-electron chi connectivity index (χ1n) is 3.62. The first-order valence-corrected chi connectivity index (χ1v) is 3.62. The fraction of sp³-hybridized carbons (Fsp3) is 0.375. The molecule has 0 atom stereocenters. The lowest BCUT2D eigenvalue weighted by molar-refractivity contribution is 0.678. The van der Waals surface area contributed by atoms with Crippen LogP contribution in [0.3, 0.4) is 0 Å². The first-order chi connectivity index (χ1) is 5.29. The third-order valence-electron chi connectivity index (χ3n) is 1.73. The van der Waals surface area contributed by atoms with Gasteiger partial charge in [0.1, 0.15) is 0 Å². The minimum absolute atomic E-state index is 0.559. The molecule has 3 nitrogen and oxygen atoms in total. The van der Waals surface area contributed by atoms with Crippen molar-refractivity contribution in [3.8, 4) is 0 Å². The Balaban J connectivity index is 2.90. The zero-order valence-electron chi connectivity index (χ0n) is 6.75. The van der Waals surface area contributed by atoms with Crippen LogP contribution in [0.4, 0.5) is 0 Å². The molecule has 0 aromatic carbocycles. The van der Waals surface area contributed by atoms with Gasteiger partial charge in [-0.25, -0.2) is 0 Å². The minimum Gasteiger partial charge on any atom is -0.326 e. The van der Waals surface area contributed by atoms with Crippen molar-refractivity contribution in [2.24, 2.45) is 5.73 Å². The van der Waals surface area contributed by atoms with Gasteiger partial charge in [0.05, 0.1) is 12.7 Å². The summed E-state index contributed by atoms with van der Waals surface area (Å²) < 4.78 is 1.88. The Morgan fingerprint density at radius 1 is 1.82 bits per heavy atom. The van der Waals surface area contributed by atoms with Crippen molar-refractivity contribution in [2.45, 2.75) is 20.0 Å². The number of aromatic nitrogens is 2. The Kier molecular flexibility index (Phi) is 2.44. The van der Waals surface area contributed by atoms with Gasteiger partial charge >= 0.3 is 0 Å². The highest BCUT2D eigenvalue weighted by atomic mass is 15.3. The molecule has 60 valence electrons. The zero-order valence-corrected chi connectivity index (χ0v) is 6.75. The molecule has 0 radical (unpaired) electrons. The second-order valence-electron chi connectivity index (χ2n) is 2.43. The Morgan fingerprint density at radius 2 is 2.55 bits per heavy atom. The molecule has 1 heterocycles. The number of nitrogens with two attached hydrogens (primary N) is 1. The highest BCUT2D eigenvalue weighted by Gasteiger charge is 2.01. The number of hydrogen-bond acceptors (Lipinski definition) is 2. The predicted octanol–water partition coefficient (Wildman–Crippen LogP) is 0.836. The van der Waals surface area contributed by atoms with Crippen molar-refractivity contribution in [3.63, 3.8) is 0 Å². The minimum atomic E-state index is 0.559. The van der Waals surface area contributed by atoms with Gasteiger partial charge < -0.3 is 5.73 Å². The van der Waals surface area contributed by atoms with Crippen LogP contribution in [-0.4, -0.2) is 9.78 Å². The van der Waals surface area contributed by atoms with E-state index in [4.69, 9.17) is 5.73 Å². The van der Waals surface area contributed by atoms with E-state index in [1.165, 1.54) is 0 Å². The highest BCUT2D eigenvalue weighted by Crippen LogP contribution is 2.05. The molecule has 0 unspecified atom stereocenters. The summed E-state index contributed by atoms with van der Waals surface area (Å²) in [7, 11) is 0. The Hall–Kier alpha value is -1.09. The van der Waals surface area contributed by atoms with Gasteiger partial charge in [0, 0.05) is 17.8 Å². The third-order valence-corrected chi connectivity index (χ3v) is 1.73. The van der Waals surface area contributed by atoms with Crippen molar-refractivity contribution >= 4 is 0 Å². The Bertz CT molecular complexity index is 250. The van der Waals surface area contributed by atoms with E-state index in [1.54, 1.807) is 6.20 Å². The molecular weight excluding hydrogens is 138 g/mol. The Morgan fingerprint density at radius 3 is 3.00 bits per heavy atom. The second-order valence-corrected chi connectivity index (χ2v) is 2.43. The average Bonchev–Trinajstić information content (AvgIpc) is 2.34. The molecule has 0 saturated heterocycles. The van der Waals surface area contributed by atoms with Crippen LogP contribution in [0.1, 0.15) is 11.3 Å². The zero-order chi connectivity index (χ0) is 8.27. The van der Waals surface area contributed by atoms with Crippen LogP contribution < -0.4 is 5.73 Å². The van der Waals surface area contributed by atoms with Crippen molar-refractivity contribution in [3.05, 3.63) is 30.1 Å². The Labute approximate surface area is 66.5 Å². The normalized spacial score (nSPS) is 10.0. The largest absolute Gasteiger partial charge is 0.326 e. The van der Waals surface area contributed by atoms with Crippen molar-refractivity contribution in [1.29, 1.82) is 0 Å². The van der Waals surface area contributed by atoms with Gasteiger partial charge in [0.25, 0.3) is 0 Å². The maximum Gasteiger partial charge on any atom is 0.0590 e. The van der Waals surface area contributed by atoms with Crippen LogP contribution >= 0.6 is 0 Å². The molecule has 0 amide bonds. The van der Waals surface area contributed by atoms with Crippen molar-refractivity contribution < 1.29 is 0 Å². The summed E-state index contributed by atoms with van der Waals surface area (Å²) in [4.78, 5) is 0. The summed E-state index contributed by atoms with van der Waals surface area (Å²) in [6.45, 7) is 6.97. The van der Waals surface area contributed by atoms with Gasteiger partial charge in [0.2, 0.25) is 0 Å². The van der Waals surface area contributed by atoms with Gasteiger partial charge in [-0.1, -0.05) is 6.08 Å². The van der Waals surface area contributed by atoms with E-state index in [2.05, 4.69) is 11.7 Å². The number of allylic oxidation sites excluding steroid dienone is 1. The van der Waals surface area contributed by atoms with E-state index in [-0.39, 0.29) is 0 Å². The maximum atomic E-state index is 5.48. The van der Waals surface area contributed by atoms with Crippen molar-refractivity contribution in [2.75, 3.05) is 0 Å². The lowest BCUT2D eigenvalue weighted by Gasteiger charge is -1.99. The molecule has 0 aliphatic heterocycles. The summed E-state index contributed by atoms with van der Waals surface area (Å²) in [5.74, 6) is 0. The second kappa shape index (κ2) is 3.34. The summed E-state index contributed by atoms with van der Waals surface area (Å²) in [5.41, 5.74) is 7.72. The van der Waals surface area contributed by atoms with Gasteiger partial charge in [-0.15, -0.1) is 6.58 Å². The van der Waals surface area contributed by atoms with E-state index in [0.29, 0.717) is 6.54 Å². The van der Waals surface area contributed by atoms with E-state index in [1.807, 2.05) is 17.7 Å². The third kappa shape index (κ3) is 1.49. The smallest absolute Gasteiger partial charge is 0.0590 e. The fourth-order valence-corrected chi connectivity index (χ4v) is 0.992. The topological polar surface area (TPSA) is 43.8 Å². The molecule has 0 spiro atoms. The molecule has 0 aliphatic carbocycles. The van der Waals surface area contributed by atoms with Crippen LogP contribution in [0.25, 0.3) is 0 Å². The van der Waals surface area contributed by atoms with Gasteiger partial charge in [-0.05, 0) is 6.92 Å². The maximum absolute atomic E-state index is 5.48. The van der Waals surface area contributed by atoms with Crippen LogP contribution in [0.2, 0.25) is 0 Å². The lowest BCUT2D eigenvalue weighted by atomic mass is 10.3. The molecular formula is C8H13N3. The van der Waals surface area contributed by atoms with Crippen LogP contribution in [0.15, 0.2) is 18.9 Å². The van der Waals surface area contributed by atoms with Crippen LogP contribution in [0, 0.1) is 6.92 Å². The first kappa shape index (κ1) is 8.01. The van der Waals surface area contributed by atoms with E-state index in [0.717, 1.165) is 17.8 Å². The summed E-state index contributed by atoms with van der Waals surface area (Å²) in [5, 5.41) is 4.14. The van der Waals surface area contributed by atoms with E-state index in [9.17, 15) is 0 Å². The van der Waals surface area contributed by atoms with Gasteiger partial charge in [0.15, 0.2) is 0 Å². The molecule has 3 heteroatoms. The molecule has 1 aromatic heterocycles. The van der Waals surface area contributed by atoms with Gasteiger partial charge in [-0.3, -0.25) is 4.68 Å². The molecule has 0 saturated carbocycles. The molecule has 1 aromatic rings. The lowest BCUT2D eigenvalue weighted by Crippen LogP contribution is -2.02. The van der Waals surface area contributed by atoms with Gasteiger partial charge in [-0.2, -0.15) is 5.10 Å². The van der Waals surface area contributed by atoms with Crippen LogP contribution in [-0.2, 0) is 13.1 Å². The van der Waals surface area contributed by atoms with Crippen LogP contribution in [0.5, 0.6) is 0 Å². The summed E-state index contributed by atoms with van der Waals surface area (Å²) in [6.07, 6.45) is 3.62. The summed E-state index contributed by atoms with van der Waals surface area (Å²) in [6, 6.07) is 0. The number of hydrogen-bond donors (Lipinski definition) is 1. The quantitative estimate of drug-likeness (QED) is 0.650. The summed E-state index contributed by atoms with van der Waals surface area (Å²) >= 11 is 0. The molecule has 2 N–H and O–H groups in total. The van der Waals surface area contributed by atoms with E-state index < -0.39 is 0 Å². The molecule has 0 aliphatic rings. The standard InChI is InChI=1S/C8H13N3/c1-3-4-11-7(2)8(5-9)6-10-11/h3,6H,1,4-5,9H2,2H3. The molecule has 0 fully saturated rings. The average molecular weight is 151 g/mol. The fourth-order valence-electron chi connectivity index (χ4n) is 0.992. The SMILES string of the molecule is C=CCn1ncc(CN)c1C. The predicted molar refractivity (Wildman–Crippen MR) is 45.1 cm³/mol. The molecule has 1 rings (SSSR count). The monoisotopic (exact) mass is 151 g/mol. The van der Waals surface area contributed by atoms with E-state index >= 15 is 0 Å². The highest BCUT2D eigenvalue weighted by molar-refractivity contribution is 5.15.